The van der Waals surface area contributed by atoms with E-state index in [9.17, 15) is 4.79 Å². The molecule has 0 spiro atoms. The second kappa shape index (κ2) is 7.03. The maximum atomic E-state index is 12.8. The van der Waals surface area contributed by atoms with Crippen LogP contribution in [-0.4, -0.2) is 29.5 Å². The lowest BCUT2D eigenvalue weighted by Crippen LogP contribution is -2.11. The van der Waals surface area contributed by atoms with Gasteiger partial charge in [-0.2, -0.15) is 4.52 Å². The van der Waals surface area contributed by atoms with Crippen LogP contribution in [0, 0.1) is 6.92 Å². The van der Waals surface area contributed by atoms with Gasteiger partial charge in [0, 0.05) is 16.3 Å². The highest BCUT2D eigenvalue weighted by Crippen LogP contribution is 2.31. The standard InChI is InChI=1S/C21H14N6O2S2/c1-11-22-18-12-5-2-3-6-14(12)23-21(27(18)26-11)31-10-16-24-19(28)17-13(9-30-20(17)25-16)15-7-4-8-29-15/h2-9H,10H2,1H3,(H,24,25,28). The third-order valence-electron chi connectivity index (χ3n) is 4.87. The number of rotatable bonds is 4. The van der Waals surface area contributed by atoms with Crippen molar-refractivity contribution < 1.29 is 4.42 Å². The van der Waals surface area contributed by atoms with Crippen molar-refractivity contribution in [2.45, 2.75) is 17.8 Å². The van der Waals surface area contributed by atoms with Crippen LogP contribution in [0.5, 0.6) is 0 Å². The van der Waals surface area contributed by atoms with Gasteiger partial charge in [-0.1, -0.05) is 23.9 Å². The first-order valence-electron chi connectivity index (χ1n) is 9.46. The Kier molecular flexibility index (Phi) is 4.15. The molecule has 10 heteroatoms. The largest absolute Gasteiger partial charge is 0.464 e. The lowest BCUT2D eigenvalue weighted by atomic mass is 10.2. The lowest BCUT2D eigenvalue weighted by Gasteiger charge is -2.06. The van der Waals surface area contributed by atoms with Gasteiger partial charge in [0.15, 0.2) is 10.8 Å². The van der Waals surface area contributed by atoms with Gasteiger partial charge in [-0.15, -0.1) is 16.4 Å². The van der Waals surface area contributed by atoms with Crippen LogP contribution in [0.25, 0.3) is 38.1 Å². The van der Waals surface area contributed by atoms with Gasteiger partial charge in [0.05, 0.1) is 22.9 Å². The van der Waals surface area contributed by atoms with Gasteiger partial charge in [-0.3, -0.25) is 4.79 Å². The van der Waals surface area contributed by atoms with E-state index >= 15 is 0 Å². The molecule has 152 valence electrons. The Hall–Kier alpha value is -3.50. The van der Waals surface area contributed by atoms with E-state index in [0.29, 0.717) is 38.5 Å². The highest BCUT2D eigenvalue weighted by molar-refractivity contribution is 7.98. The average Bonchev–Trinajstić information content (AvgIpc) is 3.51. The Balaban J connectivity index is 1.38. The van der Waals surface area contributed by atoms with Crippen molar-refractivity contribution in [1.82, 2.24) is 29.5 Å². The molecule has 5 aromatic heterocycles. The van der Waals surface area contributed by atoms with E-state index in [4.69, 9.17) is 9.40 Å². The van der Waals surface area contributed by atoms with E-state index in [1.807, 2.05) is 42.6 Å². The number of H-pyrrole nitrogens is 1. The van der Waals surface area contributed by atoms with Crippen molar-refractivity contribution in [3.63, 3.8) is 0 Å². The molecule has 0 aliphatic heterocycles. The fraction of sp³-hybridized carbons (Fsp3) is 0.0952. The predicted octanol–water partition coefficient (Wildman–Crippen LogP) is 4.44. The number of nitrogens with zero attached hydrogens (tertiary/aromatic N) is 5. The molecule has 0 fully saturated rings. The predicted molar refractivity (Wildman–Crippen MR) is 121 cm³/mol. The molecule has 31 heavy (non-hydrogen) atoms. The summed E-state index contributed by atoms with van der Waals surface area (Å²) in [5, 5.41) is 8.58. The molecule has 1 aromatic carbocycles. The quantitative estimate of drug-likeness (QED) is 0.315. The molecule has 1 N–H and O–H groups in total. The number of thioether (sulfide) groups is 1. The number of hydrogen-bond acceptors (Lipinski definition) is 8. The summed E-state index contributed by atoms with van der Waals surface area (Å²) in [6.45, 7) is 1.86. The molecule has 6 aromatic rings. The first-order chi connectivity index (χ1) is 15.2. The van der Waals surface area contributed by atoms with Crippen LogP contribution < -0.4 is 5.56 Å². The smallest absolute Gasteiger partial charge is 0.260 e. The van der Waals surface area contributed by atoms with E-state index in [2.05, 4.69) is 20.1 Å². The summed E-state index contributed by atoms with van der Waals surface area (Å²) in [5.41, 5.74) is 2.20. The molecular weight excluding hydrogens is 432 g/mol. The van der Waals surface area contributed by atoms with Gasteiger partial charge in [0.1, 0.15) is 22.2 Å². The Bertz CT molecular complexity index is 1630. The summed E-state index contributed by atoms with van der Waals surface area (Å²) in [6.07, 6.45) is 1.59. The highest BCUT2D eigenvalue weighted by atomic mass is 32.2. The number of furan rings is 1. The number of aromatic amines is 1. The summed E-state index contributed by atoms with van der Waals surface area (Å²) < 4.78 is 7.20. The van der Waals surface area contributed by atoms with Crippen LogP contribution in [0.3, 0.4) is 0 Å². The number of thiophene rings is 1. The molecule has 0 unspecified atom stereocenters. The minimum absolute atomic E-state index is 0.179. The highest BCUT2D eigenvalue weighted by Gasteiger charge is 2.16. The van der Waals surface area contributed by atoms with Crippen LogP contribution in [0.1, 0.15) is 11.6 Å². The summed E-state index contributed by atoms with van der Waals surface area (Å²) in [4.78, 5) is 30.3. The van der Waals surface area contributed by atoms with Gasteiger partial charge in [-0.05, 0) is 31.2 Å². The van der Waals surface area contributed by atoms with Gasteiger partial charge in [0.25, 0.3) is 5.56 Å². The molecule has 0 saturated carbocycles. The van der Waals surface area contributed by atoms with Gasteiger partial charge < -0.3 is 9.40 Å². The Morgan fingerprint density at radius 2 is 2.06 bits per heavy atom. The van der Waals surface area contributed by atoms with E-state index in [1.165, 1.54) is 23.1 Å². The van der Waals surface area contributed by atoms with Crippen LogP contribution >= 0.6 is 23.1 Å². The number of fused-ring (bicyclic) bond motifs is 4. The molecule has 6 rings (SSSR count). The fourth-order valence-electron chi connectivity index (χ4n) is 3.53. The number of para-hydroxylation sites is 1. The topological polar surface area (TPSA) is 102 Å². The fourth-order valence-corrected chi connectivity index (χ4v) is 5.30. The van der Waals surface area contributed by atoms with Crippen LogP contribution in [0.2, 0.25) is 0 Å². The Morgan fingerprint density at radius 1 is 1.16 bits per heavy atom. The van der Waals surface area contributed by atoms with Crippen LogP contribution in [-0.2, 0) is 5.75 Å². The minimum atomic E-state index is -0.179. The zero-order valence-electron chi connectivity index (χ0n) is 16.2. The SMILES string of the molecule is Cc1nc2c3ccccc3nc(SCc3nc4scc(-c5ccco5)c4c(=O)[nH]3)n2n1. The zero-order chi connectivity index (χ0) is 20.9. The molecule has 0 atom stereocenters. The number of hydrogen-bond donors (Lipinski definition) is 1. The lowest BCUT2D eigenvalue weighted by molar-refractivity contribution is 0.583. The molecule has 0 aliphatic carbocycles. The molecule has 0 radical (unpaired) electrons. The summed E-state index contributed by atoms with van der Waals surface area (Å²) >= 11 is 2.88. The van der Waals surface area contributed by atoms with Gasteiger partial charge in [0.2, 0.25) is 0 Å². The molecule has 5 heterocycles. The van der Waals surface area contributed by atoms with Crippen molar-refractivity contribution in [2.24, 2.45) is 0 Å². The Morgan fingerprint density at radius 3 is 2.94 bits per heavy atom. The first kappa shape index (κ1) is 18.3. The summed E-state index contributed by atoms with van der Waals surface area (Å²) in [6, 6.07) is 11.5. The van der Waals surface area contributed by atoms with E-state index in [-0.39, 0.29) is 5.56 Å². The minimum Gasteiger partial charge on any atom is -0.464 e. The number of aromatic nitrogens is 6. The Labute approximate surface area is 183 Å². The van der Waals surface area contributed by atoms with Gasteiger partial charge >= 0.3 is 0 Å². The van der Waals surface area contributed by atoms with Crippen molar-refractivity contribution in [1.29, 1.82) is 0 Å². The first-order valence-corrected chi connectivity index (χ1v) is 11.3. The second-order valence-electron chi connectivity index (χ2n) is 6.91. The van der Waals surface area contributed by atoms with E-state index in [1.54, 1.807) is 16.8 Å². The molecule has 0 amide bonds. The third-order valence-corrected chi connectivity index (χ3v) is 6.69. The number of benzene rings is 1. The monoisotopic (exact) mass is 446 g/mol. The molecule has 0 bridgehead atoms. The van der Waals surface area contributed by atoms with Crippen molar-refractivity contribution in [3.8, 4) is 11.3 Å². The van der Waals surface area contributed by atoms with E-state index < -0.39 is 0 Å². The maximum absolute atomic E-state index is 12.8. The summed E-state index contributed by atoms with van der Waals surface area (Å²) in [7, 11) is 0. The number of aryl methyl sites for hydroxylation is 1. The third kappa shape index (κ3) is 3.03. The van der Waals surface area contributed by atoms with Crippen LogP contribution in [0.4, 0.5) is 0 Å². The van der Waals surface area contributed by atoms with E-state index in [0.717, 1.165) is 22.1 Å². The molecular formula is C21H14N6O2S2. The average molecular weight is 447 g/mol. The second-order valence-corrected chi connectivity index (χ2v) is 8.71. The molecule has 8 nitrogen and oxygen atoms in total. The van der Waals surface area contributed by atoms with Crippen molar-refractivity contribution >= 4 is 49.9 Å². The van der Waals surface area contributed by atoms with Crippen molar-refractivity contribution in [2.75, 3.05) is 0 Å². The molecule has 0 aliphatic rings. The van der Waals surface area contributed by atoms with Gasteiger partial charge in [-0.25, -0.2) is 15.0 Å². The number of nitrogens with one attached hydrogen (secondary N) is 1. The normalized spacial score (nSPS) is 11.8. The zero-order valence-corrected chi connectivity index (χ0v) is 17.8. The maximum Gasteiger partial charge on any atom is 0.260 e. The molecule has 0 saturated heterocycles. The summed E-state index contributed by atoms with van der Waals surface area (Å²) in [5.74, 6) is 2.36. The van der Waals surface area contributed by atoms with Crippen molar-refractivity contribution in [3.05, 3.63) is 70.0 Å². The van der Waals surface area contributed by atoms with Crippen LogP contribution in [0.15, 0.2) is 62.4 Å².